The van der Waals surface area contributed by atoms with Crippen LogP contribution in [0.4, 0.5) is 0 Å². The van der Waals surface area contributed by atoms with Crippen molar-refractivity contribution in [2.75, 3.05) is 7.05 Å². The van der Waals surface area contributed by atoms with Crippen molar-refractivity contribution in [2.45, 2.75) is 40.4 Å². The molecule has 0 saturated heterocycles. The summed E-state index contributed by atoms with van der Waals surface area (Å²) in [7, 11) is 1.75. The van der Waals surface area contributed by atoms with E-state index in [1.807, 2.05) is 48.6 Å². The van der Waals surface area contributed by atoms with E-state index >= 15 is 0 Å². The number of carbonyl (C=O) groups excluding carboxylic acids is 1. The van der Waals surface area contributed by atoms with Gasteiger partial charge in [0, 0.05) is 44.3 Å². The number of aromatic nitrogens is 7. The van der Waals surface area contributed by atoms with E-state index in [9.17, 15) is 4.79 Å². The van der Waals surface area contributed by atoms with Gasteiger partial charge in [-0.15, -0.1) is 0 Å². The molecule has 0 fully saturated rings. The van der Waals surface area contributed by atoms with Gasteiger partial charge in [0.2, 0.25) is 0 Å². The highest BCUT2D eigenvalue weighted by atomic mass is 79.9. The number of rotatable bonds is 6. The van der Waals surface area contributed by atoms with Gasteiger partial charge in [-0.3, -0.25) is 14.2 Å². The summed E-state index contributed by atoms with van der Waals surface area (Å²) in [6.07, 6.45) is 7.17. The van der Waals surface area contributed by atoms with E-state index in [2.05, 4.69) is 36.2 Å². The lowest BCUT2D eigenvalue weighted by Crippen LogP contribution is -2.26. The van der Waals surface area contributed by atoms with Crippen molar-refractivity contribution in [3.05, 3.63) is 52.3 Å². The van der Waals surface area contributed by atoms with Crippen LogP contribution in [0.3, 0.4) is 0 Å². The van der Waals surface area contributed by atoms with Crippen LogP contribution in [0, 0.1) is 6.92 Å². The molecule has 4 heterocycles. The fourth-order valence-corrected chi connectivity index (χ4v) is 3.83. The molecule has 0 aliphatic carbocycles. The van der Waals surface area contributed by atoms with Gasteiger partial charge in [0.15, 0.2) is 5.65 Å². The summed E-state index contributed by atoms with van der Waals surface area (Å²) in [5.41, 5.74) is 4.50. The smallest absolute Gasteiger partial charge is 0.259 e. The number of fused-ring (bicyclic) bond motifs is 1. The van der Waals surface area contributed by atoms with E-state index in [1.54, 1.807) is 28.9 Å². The fraction of sp³-hybridized carbons (Fsp3) is 0.350. The predicted octanol–water partition coefficient (Wildman–Crippen LogP) is 3.17. The zero-order valence-electron chi connectivity index (χ0n) is 17.4. The Labute approximate surface area is 182 Å². The van der Waals surface area contributed by atoms with E-state index in [1.165, 1.54) is 0 Å². The third-order valence-electron chi connectivity index (χ3n) is 5.02. The molecule has 0 aliphatic heterocycles. The van der Waals surface area contributed by atoms with E-state index in [0.717, 1.165) is 40.2 Å². The summed E-state index contributed by atoms with van der Waals surface area (Å²) in [6.45, 7) is 7.96. The topological polar surface area (TPSA) is 86.1 Å². The maximum Gasteiger partial charge on any atom is 0.259 e. The third kappa shape index (κ3) is 3.51. The Hall–Kier alpha value is -3.01. The Morgan fingerprint density at radius 3 is 2.57 bits per heavy atom. The molecule has 0 aliphatic rings. The largest absolute Gasteiger partial charge is 0.336 e. The van der Waals surface area contributed by atoms with Gasteiger partial charge in [-0.1, -0.05) is 0 Å². The molecular weight excluding hydrogens is 448 g/mol. The van der Waals surface area contributed by atoms with Gasteiger partial charge < -0.3 is 4.90 Å². The lowest BCUT2D eigenvalue weighted by molar-refractivity contribution is 0.0784. The Morgan fingerprint density at radius 1 is 1.17 bits per heavy atom. The highest BCUT2D eigenvalue weighted by Gasteiger charge is 2.22. The Morgan fingerprint density at radius 2 is 1.90 bits per heavy atom. The van der Waals surface area contributed by atoms with Crippen LogP contribution in [0.15, 0.2) is 35.3 Å². The van der Waals surface area contributed by atoms with Gasteiger partial charge in [0.05, 0.1) is 34.3 Å². The molecule has 0 N–H and O–H groups in total. The first-order chi connectivity index (χ1) is 14.4. The summed E-state index contributed by atoms with van der Waals surface area (Å²) in [5.74, 6) is -0.159. The van der Waals surface area contributed by atoms with Gasteiger partial charge >= 0.3 is 0 Å². The first-order valence-corrected chi connectivity index (χ1v) is 10.6. The second-order valence-corrected chi connectivity index (χ2v) is 7.90. The summed E-state index contributed by atoms with van der Waals surface area (Å²) < 4.78 is 6.30. The van der Waals surface area contributed by atoms with Crippen LogP contribution in [-0.4, -0.2) is 52.0 Å². The van der Waals surface area contributed by atoms with Crippen LogP contribution in [0.5, 0.6) is 0 Å². The first-order valence-electron chi connectivity index (χ1n) is 9.77. The van der Waals surface area contributed by atoms with Crippen LogP contribution in [0.1, 0.15) is 35.6 Å². The number of aryl methyl sites for hydroxylation is 3. The minimum atomic E-state index is -0.159. The van der Waals surface area contributed by atoms with Crippen molar-refractivity contribution < 1.29 is 4.79 Å². The van der Waals surface area contributed by atoms with E-state index in [4.69, 9.17) is 0 Å². The van der Waals surface area contributed by atoms with Crippen LogP contribution in [-0.2, 0) is 19.6 Å². The standard InChI is InChI=1S/C20H23BrN8O/c1-5-27-10-15(13(3)24-27)18-7-8-22-19-14(9-23-29(18)19)20(30)26(4)12-17-16(21)11-28(6-2)25-17/h7-11H,5-6,12H2,1-4H3. The van der Waals surface area contributed by atoms with Crippen LogP contribution in [0.2, 0.25) is 0 Å². The number of halogens is 1. The van der Waals surface area contributed by atoms with Crippen molar-refractivity contribution in [3.8, 4) is 11.3 Å². The van der Waals surface area contributed by atoms with Crippen molar-refractivity contribution >= 4 is 27.5 Å². The van der Waals surface area contributed by atoms with Crippen molar-refractivity contribution in [1.29, 1.82) is 0 Å². The molecule has 156 valence electrons. The molecule has 30 heavy (non-hydrogen) atoms. The number of carbonyl (C=O) groups is 1. The number of amides is 1. The van der Waals surface area contributed by atoms with Gasteiger partial charge in [0.25, 0.3) is 5.91 Å². The highest BCUT2D eigenvalue weighted by Crippen LogP contribution is 2.24. The average Bonchev–Trinajstić information content (AvgIpc) is 3.44. The van der Waals surface area contributed by atoms with E-state index in [0.29, 0.717) is 17.8 Å². The molecule has 4 aromatic heterocycles. The SMILES string of the molecule is CCn1cc(-c2ccnc3c(C(=O)N(C)Cc4nn(CC)cc4Br)cnn23)c(C)n1. The maximum absolute atomic E-state index is 13.1. The molecule has 4 aromatic rings. The Bertz CT molecular complexity index is 1220. The van der Waals surface area contributed by atoms with Gasteiger partial charge in [-0.05, 0) is 42.8 Å². The third-order valence-corrected chi connectivity index (χ3v) is 5.69. The first kappa shape index (κ1) is 20.3. The number of hydrogen-bond donors (Lipinski definition) is 0. The molecule has 0 spiro atoms. The maximum atomic E-state index is 13.1. The molecule has 0 aromatic carbocycles. The molecule has 1 amide bonds. The molecule has 4 rings (SSSR count). The summed E-state index contributed by atoms with van der Waals surface area (Å²) in [4.78, 5) is 19.2. The summed E-state index contributed by atoms with van der Waals surface area (Å²) >= 11 is 3.52. The van der Waals surface area contributed by atoms with Crippen LogP contribution >= 0.6 is 15.9 Å². The van der Waals surface area contributed by atoms with Gasteiger partial charge in [-0.25, -0.2) is 9.50 Å². The number of hydrogen-bond acceptors (Lipinski definition) is 5. The second kappa shape index (κ2) is 8.02. The lowest BCUT2D eigenvalue weighted by Gasteiger charge is -2.15. The monoisotopic (exact) mass is 470 g/mol. The van der Waals surface area contributed by atoms with Gasteiger partial charge in [-0.2, -0.15) is 15.3 Å². The second-order valence-electron chi connectivity index (χ2n) is 7.05. The number of nitrogens with zero attached hydrogens (tertiary/aromatic N) is 8. The van der Waals surface area contributed by atoms with Gasteiger partial charge in [0.1, 0.15) is 5.56 Å². The molecule has 9 nitrogen and oxygen atoms in total. The molecule has 0 unspecified atom stereocenters. The van der Waals surface area contributed by atoms with E-state index < -0.39 is 0 Å². The van der Waals surface area contributed by atoms with Crippen molar-refractivity contribution in [1.82, 2.24) is 39.1 Å². The predicted molar refractivity (Wildman–Crippen MR) is 116 cm³/mol. The van der Waals surface area contributed by atoms with E-state index in [-0.39, 0.29) is 5.91 Å². The molecule has 0 saturated carbocycles. The Kier molecular flexibility index (Phi) is 5.42. The molecule has 0 bridgehead atoms. The minimum Gasteiger partial charge on any atom is -0.336 e. The normalized spacial score (nSPS) is 11.4. The molecular formula is C20H23BrN8O. The zero-order chi connectivity index (χ0) is 21.4. The Balaban J connectivity index is 1.67. The highest BCUT2D eigenvalue weighted by molar-refractivity contribution is 9.10. The quantitative estimate of drug-likeness (QED) is 0.431. The summed E-state index contributed by atoms with van der Waals surface area (Å²) in [5, 5.41) is 13.5. The zero-order valence-corrected chi connectivity index (χ0v) is 19.0. The van der Waals surface area contributed by atoms with Crippen molar-refractivity contribution in [3.63, 3.8) is 0 Å². The van der Waals surface area contributed by atoms with Crippen LogP contribution < -0.4 is 0 Å². The molecule has 0 atom stereocenters. The minimum absolute atomic E-state index is 0.159. The molecule has 0 radical (unpaired) electrons. The summed E-state index contributed by atoms with van der Waals surface area (Å²) in [6, 6.07) is 1.89. The fourth-order valence-electron chi connectivity index (χ4n) is 3.39. The average molecular weight is 471 g/mol. The molecule has 10 heteroatoms. The lowest BCUT2D eigenvalue weighted by atomic mass is 10.2. The van der Waals surface area contributed by atoms with Crippen LogP contribution in [0.25, 0.3) is 16.9 Å². The van der Waals surface area contributed by atoms with Crippen molar-refractivity contribution in [2.24, 2.45) is 0 Å².